The third-order valence-electron chi connectivity index (χ3n) is 2.24. The summed E-state index contributed by atoms with van der Waals surface area (Å²) in [7, 11) is 0. The SMILES string of the molecule is CC(CO)NCC1CC(O)C1. The minimum Gasteiger partial charge on any atom is -0.395 e. The van der Waals surface area contributed by atoms with Gasteiger partial charge in [-0.3, -0.25) is 0 Å². The zero-order chi connectivity index (χ0) is 8.27. The Morgan fingerprint density at radius 1 is 1.55 bits per heavy atom. The highest BCUT2D eigenvalue weighted by molar-refractivity contribution is 4.80. The Morgan fingerprint density at radius 2 is 2.18 bits per heavy atom. The maximum absolute atomic E-state index is 8.96. The number of aliphatic hydroxyl groups is 2. The Hall–Kier alpha value is -0.120. The molecule has 1 aliphatic carbocycles. The van der Waals surface area contributed by atoms with E-state index in [2.05, 4.69) is 5.32 Å². The first-order valence-corrected chi connectivity index (χ1v) is 4.24. The van der Waals surface area contributed by atoms with Gasteiger partial charge < -0.3 is 15.5 Å². The molecule has 1 saturated carbocycles. The third-order valence-corrected chi connectivity index (χ3v) is 2.24. The molecule has 66 valence electrons. The van der Waals surface area contributed by atoms with Gasteiger partial charge in [-0.15, -0.1) is 0 Å². The molecule has 1 atom stereocenters. The first kappa shape index (κ1) is 8.97. The molecule has 3 nitrogen and oxygen atoms in total. The molecule has 1 aliphatic rings. The molecule has 0 heterocycles. The van der Waals surface area contributed by atoms with Crippen molar-refractivity contribution in [3.05, 3.63) is 0 Å². The van der Waals surface area contributed by atoms with Gasteiger partial charge in [-0.25, -0.2) is 0 Å². The van der Waals surface area contributed by atoms with Crippen LogP contribution >= 0.6 is 0 Å². The maximum atomic E-state index is 8.96. The lowest BCUT2D eigenvalue weighted by Crippen LogP contribution is -2.40. The van der Waals surface area contributed by atoms with Gasteiger partial charge in [0.05, 0.1) is 12.7 Å². The monoisotopic (exact) mass is 159 g/mol. The van der Waals surface area contributed by atoms with Crippen LogP contribution in [0.5, 0.6) is 0 Å². The van der Waals surface area contributed by atoms with Crippen LogP contribution in [-0.4, -0.2) is 35.5 Å². The van der Waals surface area contributed by atoms with Crippen molar-refractivity contribution in [1.29, 1.82) is 0 Å². The number of hydrogen-bond donors (Lipinski definition) is 3. The van der Waals surface area contributed by atoms with Crippen LogP contribution in [0.1, 0.15) is 19.8 Å². The minimum absolute atomic E-state index is 0.0637. The summed E-state index contributed by atoms with van der Waals surface area (Å²) in [5, 5.41) is 20.8. The van der Waals surface area contributed by atoms with E-state index in [1.807, 2.05) is 6.92 Å². The molecule has 0 aromatic heterocycles. The molecule has 1 rings (SSSR count). The molecule has 3 N–H and O–H groups in total. The van der Waals surface area contributed by atoms with E-state index in [-0.39, 0.29) is 18.8 Å². The number of nitrogens with one attached hydrogen (secondary N) is 1. The van der Waals surface area contributed by atoms with Gasteiger partial charge in [-0.05, 0) is 32.2 Å². The summed E-state index contributed by atoms with van der Waals surface area (Å²) in [5.74, 6) is 0.624. The lowest BCUT2D eigenvalue weighted by Gasteiger charge is -2.32. The molecule has 0 saturated heterocycles. The van der Waals surface area contributed by atoms with Crippen LogP contribution in [0.3, 0.4) is 0 Å². The van der Waals surface area contributed by atoms with E-state index < -0.39 is 0 Å². The van der Waals surface area contributed by atoms with E-state index in [1.165, 1.54) is 0 Å². The van der Waals surface area contributed by atoms with Crippen LogP contribution < -0.4 is 5.32 Å². The summed E-state index contributed by atoms with van der Waals surface area (Å²) in [6, 6.07) is 0.188. The summed E-state index contributed by atoms with van der Waals surface area (Å²) in [4.78, 5) is 0. The molecule has 3 heteroatoms. The highest BCUT2D eigenvalue weighted by atomic mass is 16.3. The van der Waals surface area contributed by atoms with Crippen LogP contribution in [0.25, 0.3) is 0 Å². The summed E-state index contributed by atoms with van der Waals surface area (Å²) in [5.41, 5.74) is 0. The van der Waals surface area contributed by atoms with Gasteiger partial charge in [-0.1, -0.05) is 0 Å². The van der Waals surface area contributed by atoms with Crippen LogP contribution in [-0.2, 0) is 0 Å². The van der Waals surface area contributed by atoms with Crippen molar-refractivity contribution in [1.82, 2.24) is 5.32 Å². The molecular weight excluding hydrogens is 142 g/mol. The molecule has 0 aromatic rings. The predicted molar refractivity (Wildman–Crippen MR) is 43.3 cm³/mol. The second-order valence-corrected chi connectivity index (χ2v) is 3.48. The Balaban J connectivity index is 1.96. The Kier molecular flexibility index (Phi) is 3.30. The van der Waals surface area contributed by atoms with E-state index in [0.717, 1.165) is 19.4 Å². The maximum Gasteiger partial charge on any atom is 0.0581 e. The molecule has 1 unspecified atom stereocenters. The van der Waals surface area contributed by atoms with E-state index >= 15 is 0 Å². The van der Waals surface area contributed by atoms with Gasteiger partial charge in [0.25, 0.3) is 0 Å². The highest BCUT2D eigenvalue weighted by Gasteiger charge is 2.26. The van der Waals surface area contributed by atoms with Gasteiger partial charge in [-0.2, -0.15) is 0 Å². The van der Waals surface area contributed by atoms with E-state index in [9.17, 15) is 0 Å². The average molecular weight is 159 g/mol. The lowest BCUT2D eigenvalue weighted by atomic mass is 9.82. The zero-order valence-electron chi connectivity index (χ0n) is 6.95. The average Bonchev–Trinajstić information content (AvgIpc) is 1.95. The standard InChI is InChI=1S/C8H17NO2/c1-6(5-10)9-4-7-2-8(11)3-7/h6-11H,2-5H2,1H3. The molecule has 1 fully saturated rings. The lowest BCUT2D eigenvalue weighted by molar-refractivity contribution is 0.0411. The van der Waals surface area contributed by atoms with Crippen molar-refractivity contribution in [2.45, 2.75) is 31.9 Å². The fraction of sp³-hybridized carbons (Fsp3) is 1.00. The van der Waals surface area contributed by atoms with Gasteiger partial charge in [0.1, 0.15) is 0 Å². The van der Waals surface area contributed by atoms with E-state index in [0.29, 0.717) is 5.92 Å². The smallest absolute Gasteiger partial charge is 0.0581 e. The number of aliphatic hydroxyl groups excluding tert-OH is 2. The molecule has 0 aromatic carbocycles. The quantitative estimate of drug-likeness (QED) is 0.529. The van der Waals surface area contributed by atoms with E-state index in [1.54, 1.807) is 0 Å². The fourth-order valence-electron chi connectivity index (χ4n) is 1.30. The van der Waals surface area contributed by atoms with Crippen LogP contribution in [0, 0.1) is 5.92 Å². The van der Waals surface area contributed by atoms with Crippen molar-refractivity contribution in [3.8, 4) is 0 Å². The second-order valence-electron chi connectivity index (χ2n) is 3.48. The topological polar surface area (TPSA) is 52.5 Å². The Bertz CT molecular complexity index is 113. The van der Waals surface area contributed by atoms with Gasteiger partial charge in [0, 0.05) is 6.04 Å². The summed E-state index contributed by atoms with van der Waals surface area (Å²) in [6.07, 6.45) is 1.78. The largest absolute Gasteiger partial charge is 0.395 e. The third kappa shape index (κ3) is 2.77. The van der Waals surface area contributed by atoms with Gasteiger partial charge in [0.2, 0.25) is 0 Å². The fourth-order valence-corrected chi connectivity index (χ4v) is 1.30. The highest BCUT2D eigenvalue weighted by Crippen LogP contribution is 2.26. The first-order chi connectivity index (χ1) is 5.22. The molecular formula is C8H17NO2. The van der Waals surface area contributed by atoms with Gasteiger partial charge in [0.15, 0.2) is 0 Å². The molecule has 11 heavy (non-hydrogen) atoms. The molecule has 0 aliphatic heterocycles. The predicted octanol–water partition coefficient (Wildman–Crippen LogP) is -0.272. The van der Waals surface area contributed by atoms with Gasteiger partial charge >= 0.3 is 0 Å². The van der Waals surface area contributed by atoms with Crippen molar-refractivity contribution in [3.63, 3.8) is 0 Å². The number of rotatable bonds is 4. The molecule has 0 amide bonds. The Labute approximate surface area is 67.4 Å². The first-order valence-electron chi connectivity index (χ1n) is 4.24. The van der Waals surface area contributed by atoms with Crippen molar-refractivity contribution < 1.29 is 10.2 Å². The van der Waals surface area contributed by atoms with Crippen LogP contribution in [0.2, 0.25) is 0 Å². The molecule has 0 spiro atoms. The summed E-state index contributed by atoms with van der Waals surface area (Å²) >= 11 is 0. The minimum atomic E-state index is -0.0637. The molecule has 0 bridgehead atoms. The van der Waals surface area contributed by atoms with Crippen LogP contribution in [0.4, 0.5) is 0 Å². The second kappa shape index (κ2) is 4.04. The molecule has 0 radical (unpaired) electrons. The zero-order valence-corrected chi connectivity index (χ0v) is 6.95. The van der Waals surface area contributed by atoms with E-state index in [4.69, 9.17) is 10.2 Å². The summed E-state index contributed by atoms with van der Waals surface area (Å²) < 4.78 is 0. The van der Waals surface area contributed by atoms with Crippen molar-refractivity contribution in [2.75, 3.05) is 13.2 Å². The normalized spacial score (nSPS) is 33.0. The van der Waals surface area contributed by atoms with Crippen molar-refractivity contribution >= 4 is 0 Å². The summed E-state index contributed by atoms with van der Waals surface area (Å²) in [6.45, 7) is 3.07. The Morgan fingerprint density at radius 3 is 2.64 bits per heavy atom. The van der Waals surface area contributed by atoms with Crippen LogP contribution in [0.15, 0.2) is 0 Å². The van der Waals surface area contributed by atoms with Crippen molar-refractivity contribution in [2.24, 2.45) is 5.92 Å². The number of hydrogen-bond acceptors (Lipinski definition) is 3.